The van der Waals surface area contributed by atoms with Crippen LogP contribution in [0.15, 0.2) is 40.7 Å². The maximum Gasteiger partial charge on any atom is 0.234 e. The molecule has 3 aromatic rings. The van der Waals surface area contributed by atoms with E-state index in [1.807, 2.05) is 43.3 Å². The highest BCUT2D eigenvalue weighted by atomic mass is 32.2. The number of nitrogens with zero attached hydrogens (tertiary/aromatic N) is 1. The first-order chi connectivity index (χ1) is 15.0. The third-order valence-corrected chi connectivity index (χ3v) is 7.89. The fourth-order valence-corrected chi connectivity index (χ4v) is 5.70. The van der Waals surface area contributed by atoms with Crippen molar-refractivity contribution in [3.8, 4) is 0 Å². The van der Waals surface area contributed by atoms with E-state index >= 15 is 0 Å². The number of amides is 2. The van der Waals surface area contributed by atoms with Crippen LogP contribution in [0.3, 0.4) is 0 Å². The molecule has 0 bridgehead atoms. The van der Waals surface area contributed by atoms with E-state index in [-0.39, 0.29) is 17.7 Å². The molecule has 0 spiro atoms. The topological polar surface area (TPSA) is 71.1 Å². The predicted molar refractivity (Wildman–Crippen MR) is 130 cm³/mol. The summed E-state index contributed by atoms with van der Waals surface area (Å²) in [5, 5.41) is 6.01. The van der Waals surface area contributed by atoms with Crippen LogP contribution in [0.4, 0.5) is 11.4 Å². The molecule has 7 heteroatoms. The van der Waals surface area contributed by atoms with Gasteiger partial charge in [0.15, 0.2) is 4.34 Å². The van der Waals surface area contributed by atoms with Crippen molar-refractivity contribution in [1.29, 1.82) is 0 Å². The quantitative estimate of drug-likeness (QED) is 0.438. The number of rotatable bonds is 6. The van der Waals surface area contributed by atoms with Gasteiger partial charge in [0.05, 0.1) is 16.0 Å². The number of nitrogens with one attached hydrogen (secondary N) is 2. The van der Waals surface area contributed by atoms with Crippen LogP contribution >= 0.6 is 23.1 Å². The lowest BCUT2D eigenvalue weighted by Crippen LogP contribution is -2.24. The summed E-state index contributed by atoms with van der Waals surface area (Å²) in [5.41, 5.74) is 4.88. The SMILES string of the molecule is Cc1ccc(NC(=O)CSc2nc3ccc(NC(=O)C4CCCCC4)cc3s2)cc1C. The third kappa shape index (κ3) is 5.66. The first-order valence-corrected chi connectivity index (χ1v) is 12.5. The largest absolute Gasteiger partial charge is 0.326 e. The lowest BCUT2D eigenvalue weighted by Gasteiger charge is -2.20. The van der Waals surface area contributed by atoms with Gasteiger partial charge < -0.3 is 10.6 Å². The fraction of sp³-hybridized carbons (Fsp3) is 0.375. The zero-order valence-electron chi connectivity index (χ0n) is 17.9. The second-order valence-corrected chi connectivity index (χ2v) is 10.4. The summed E-state index contributed by atoms with van der Waals surface area (Å²) in [6.07, 6.45) is 5.49. The maximum absolute atomic E-state index is 12.5. The third-order valence-electron chi connectivity index (χ3n) is 5.73. The second kappa shape index (κ2) is 9.83. The molecule has 1 saturated carbocycles. The Labute approximate surface area is 191 Å². The molecule has 1 aliphatic carbocycles. The van der Waals surface area contributed by atoms with Gasteiger partial charge in [0.25, 0.3) is 0 Å². The average Bonchev–Trinajstić information content (AvgIpc) is 3.18. The van der Waals surface area contributed by atoms with E-state index in [4.69, 9.17) is 0 Å². The molecule has 2 aromatic carbocycles. The van der Waals surface area contributed by atoms with E-state index in [1.54, 1.807) is 11.3 Å². The van der Waals surface area contributed by atoms with Gasteiger partial charge in [-0.25, -0.2) is 4.98 Å². The van der Waals surface area contributed by atoms with Gasteiger partial charge in [0.1, 0.15) is 0 Å². The highest BCUT2D eigenvalue weighted by Crippen LogP contribution is 2.32. The minimum atomic E-state index is -0.0482. The number of hydrogen-bond acceptors (Lipinski definition) is 5. The molecule has 0 atom stereocenters. The summed E-state index contributed by atoms with van der Waals surface area (Å²) < 4.78 is 1.86. The van der Waals surface area contributed by atoms with Gasteiger partial charge in [-0.1, -0.05) is 37.1 Å². The molecule has 5 nitrogen and oxygen atoms in total. The van der Waals surface area contributed by atoms with Gasteiger partial charge >= 0.3 is 0 Å². The Hall–Kier alpha value is -2.38. The number of carbonyl (C=O) groups is 2. The van der Waals surface area contributed by atoms with Gasteiger partial charge in [-0.05, 0) is 68.1 Å². The Kier molecular flexibility index (Phi) is 6.92. The molecule has 0 radical (unpaired) electrons. The van der Waals surface area contributed by atoms with Crippen molar-refractivity contribution in [1.82, 2.24) is 4.98 Å². The van der Waals surface area contributed by atoms with Crippen LogP contribution in [0.2, 0.25) is 0 Å². The normalized spacial score (nSPS) is 14.5. The van der Waals surface area contributed by atoms with Gasteiger partial charge in [-0.15, -0.1) is 11.3 Å². The van der Waals surface area contributed by atoms with Crippen molar-refractivity contribution in [2.24, 2.45) is 5.92 Å². The molecule has 4 rings (SSSR count). The number of fused-ring (bicyclic) bond motifs is 1. The minimum absolute atomic E-state index is 0.0482. The van der Waals surface area contributed by atoms with Crippen LogP contribution in [0, 0.1) is 19.8 Å². The Morgan fingerprint density at radius 2 is 1.74 bits per heavy atom. The van der Waals surface area contributed by atoms with Crippen molar-refractivity contribution in [3.63, 3.8) is 0 Å². The van der Waals surface area contributed by atoms with Crippen LogP contribution in [0.25, 0.3) is 10.2 Å². The average molecular weight is 454 g/mol. The van der Waals surface area contributed by atoms with Crippen molar-refractivity contribution in [3.05, 3.63) is 47.5 Å². The van der Waals surface area contributed by atoms with Gasteiger partial charge in [0, 0.05) is 17.3 Å². The molecule has 2 amide bonds. The number of thioether (sulfide) groups is 1. The molecular formula is C24H27N3O2S2. The van der Waals surface area contributed by atoms with Crippen molar-refractivity contribution in [2.75, 3.05) is 16.4 Å². The van der Waals surface area contributed by atoms with Crippen LogP contribution in [-0.2, 0) is 9.59 Å². The van der Waals surface area contributed by atoms with E-state index in [9.17, 15) is 9.59 Å². The fourth-order valence-electron chi connectivity index (χ4n) is 3.80. The molecule has 162 valence electrons. The second-order valence-electron chi connectivity index (χ2n) is 8.12. The van der Waals surface area contributed by atoms with Gasteiger partial charge in [-0.2, -0.15) is 0 Å². The summed E-state index contributed by atoms with van der Waals surface area (Å²) in [7, 11) is 0. The lowest BCUT2D eigenvalue weighted by molar-refractivity contribution is -0.120. The van der Waals surface area contributed by atoms with Crippen molar-refractivity contribution >= 4 is 56.5 Å². The highest BCUT2D eigenvalue weighted by molar-refractivity contribution is 8.01. The zero-order valence-corrected chi connectivity index (χ0v) is 19.5. The van der Waals surface area contributed by atoms with Crippen LogP contribution in [0.5, 0.6) is 0 Å². The monoisotopic (exact) mass is 453 g/mol. The maximum atomic E-state index is 12.5. The number of anilines is 2. The Morgan fingerprint density at radius 1 is 1.00 bits per heavy atom. The smallest absolute Gasteiger partial charge is 0.234 e. The highest BCUT2D eigenvalue weighted by Gasteiger charge is 2.21. The molecule has 0 unspecified atom stereocenters. The molecule has 2 N–H and O–H groups in total. The van der Waals surface area contributed by atoms with Crippen LogP contribution in [0.1, 0.15) is 43.2 Å². The predicted octanol–water partition coefficient (Wildman–Crippen LogP) is 6.16. The molecule has 1 aliphatic rings. The molecule has 1 fully saturated rings. The van der Waals surface area contributed by atoms with Crippen molar-refractivity contribution < 1.29 is 9.59 Å². The van der Waals surface area contributed by atoms with E-state index in [2.05, 4.69) is 22.5 Å². The van der Waals surface area contributed by atoms with Crippen LogP contribution in [-0.4, -0.2) is 22.6 Å². The van der Waals surface area contributed by atoms with Crippen LogP contribution < -0.4 is 10.6 Å². The number of carbonyl (C=O) groups excluding carboxylic acids is 2. The first-order valence-electron chi connectivity index (χ1n) is 10.7. The van der Waals surface area contributed by atoms with E-state index in [1.165, 1.54) is 23.7 Å². The van der Waals surface area contributed by atoms with E-state index in [0.717, 1.165) is 57.2 Å². The lowest BCUT2D eigenvalue weighted by atomic mass is 9.88. The molecule has 31 heavy (non-hydrogen) atoms. The van der Waals surface area contributed by atoms with E-state index < -0.39 is 0 Å². The number of aryl methyl sites for hydroxylation is 2. The number of aromatic nitrogens is 1. The Morgan fingerprint density at radius 3 is 2.52 bits per heavy atom. The first kappa shape index (κ1) is 21.8. The summed E-state index contributed by atoms with van der Waals surface area (Å²) in [6.45, 7) is 4.09. The number of thiazole rings is 1. The molecular weight excluding hydrogens is 426 g/mol. The number of benzene rings is 2. The molecule has 1 aromatic heterocycles. The van der Waals surface area contributed by atoms with Crippen molar-refractivity contribution in [2.45, 2.75) is 50.3 Å². The minimum Gasteiger partial charge on any atom is -0.326 e. The standard InChI is InChI=1S/C24H27N3O2S2/c1-15-8-9-18(12-16(15)2)25-22(28)14-30-24-27-20-11-10-19(13-21(20)31-24)26-23(29)17-6-4-3-5-7-17/h8-13,17H,3-7,14H2,1-2H3,(H,25,28)(H,26,29). The molecule has 1 heterocycles. The Balaban J connectivity index is 1.34. The van der Waals surface area contributed by atoms with Gasteiger partial charge in [0.2, 0.25) is 11.8 Å². The van der Waals surface area contributed by atoms with Gasteiger partial charge in [-0.3, -0.25) is 9.59 Å². The molecule has 0 saturated heterocycles. The Bertz CT molecular complexity index is 1100. The van der Waals surface area contributed by atoms with E-state index in [0.29, 0.717) is 5.75 Å². The summed E-state index contributed by atoms with van der Waals surface area (Å²) in [5.74, 6) is 0.514. The molecule has 0 aliphatic heterocycles. The summed E-state index contributed by atoms with van der Waals surface area (Å²) >= 11 is 2.98. The zero-order chi connectivity index (χ0) is 21.8. The summed E-state index contributed by atoms with van der Waals surface area (Å²) in [4.78, 5) is 29.4. The summed E-state index contributed by atoms with van der Waals surface area (Å²) in [6, 6.07) is 11.7. The number of hydrogen-bond donors (Lipinski definition) is 2.